The molecule has 0 saturated heterocycles. The van der Waals surface area contributed by atoms with Crippen LogP contribution in [0.4, 0.5) is 15.8 Å². The average molecular weight is 324 g/mol. The van der Waals surface area contributed by atoms with Crippen molar-refractivity contribution in [3.8, 4) is 0 Å². The molecule has 1 heterocycles. The predicted molar refractivity (Wildman–Crippen MR) is 90.6 cm³/mol. The molecule has 1 N–H and O–H groups in total. The molecule has 4 rings (SSSR count). The Morgan fingerprint density at radius 3 is 2.71 bits per heavy atom. The highest BCUT2D eigenvalue weighted by Gasteiger charge is 2.39. The number of aryl methyl sites for hydroxylation is 1. The highest BCUT2D eigenvalue weighted by Crippen LogP contribution is 2.51. The van der Waals surface area contributed by atoms with Gasteiger partial charge in [0.25, 0.3) is 5.69 Å². The minimum absolute atomic E-state index is 0.0678. The summed E-state index contributed by atoms with van der Waals surface area (Å²) in [6, 6.07) is 9.94. The fraction of sp³-hybridized carbons (Fsp3) is 0.263. The SMILES string of the molecule is Cc1cc([N+](=O)[O-])cc2c1N[C@H](c1ccc(F)cc1)C1CC=CC21. The Morgan fingerprint density at radius 2 is 2.00 bits per heavy atom. The fourth-order valence-corrected chi connectivity index (χ4v) is 3.97. The quantitative estimate of drug-likeness (QED) is 0.487. The first kappa shape index (κ1) is 14.9. The molecule has 0 spiro atoms. The van der Waals surface area contributed by atoms with Crippen molar-refractivity contribution in [3.05, 3.63) is 81.2 Å². The molecule has 5 heteroatoms. The summed E-state index contributed by atoms with van der Waals surface area (Å²) in [4.78, 5) is 10.8. The lowest BCUT2D eigenvalue weighted by Crippen LogP contribution is -2.29. The van der Waals surface area contributed by atoms with Crippen LogP contribution in [0.1, 0.15) is 35.1 Å². The third-order valence-electron chi connectivity index (χ3n) is 5.09. The molecule has 4 nitrogen and oxygen atoms in total. The smallest absolute Gasteiger partial charge is 0.270 e. The Balaban J connectivity index is 1.82. The van der Waals surface area contributed by atoms with Crippen LogP contribution in [-0.2, 0) is 0 Å². The van der Waals surface area contributed by atoms with Crippen LogP contribution in [0, 0.1) is 28.8 Å². The third-order valence-corrected chi connectivity index (χ3v) is 5.09. The Hall–Kier alpha value is -2.69. The standard InChI is InChI=1S/C19H17FN2O2/c1-11-9-14(22(23)24)10-17-15-3-2-4-16(15)19(21-18(11)17)12-5-7-13(20)8-6-12/h2-3,5-10,15-16,19,21H,4H2,1H3/t15?,16?,19-/m1/s1. The van der Waals surface area contributed by atoms with E-state index in [-0.39, 0.29) is 34.3 Å². The zero-order valence-corrected chi connectivity index (χ0v) is 13.2. The van der Waals surface area contributed by atoms with Gasteiger partial charge in [0.2, 0.25) is 0 Å². The largest absolute Gasteiger partial charge is 0.377 e. The van der Waals surface area contributed by atoms with Gasteiger partial charge < -0.3 is 5.32 Å². The molecule has 2 unspecified atom stereocenters. The summed E-state index contributed by atoms with van der Waals surface area (Å²) < 4.78 is 13.2. The number of rotatable bonds is 2. The monoisotopic (exact) mass is 324 g/mol. The van der Waals surface area contributed by atoms with E-state index in [0.717, 1.165) is 28.8 Å². The number of nitro groups is 1. The van der Waals surface area contributed by atoms with E-state index in [1.165, 1.54) is 12.1 Å². The van der Waals surface area contributed by atoms with Crippen LogP contribution < -0.4 is 5.32 Å². The summed E-state index contributed by atoms with van der Waals surface area (Å²) in [5.41, 5.74) is 3.98. The maximum absolute atomic E-state index is 13.2. The van der Waals surface area contributed by atoms with E-state index in [2.05, 4.69) is 17.5 Å². The Bertz CT molecular complexity index is 845. The van der Waals surface area contributed by atoms with Crippen molar-refractivity contribution in [2.45, 2.75) is 25.3 Å². The number of non-ortho nitro benzene ring substituents is 1. The molecule has 0 aromatic heterocycles. The van der Waals surface area contributed by atoms with Crippen molar-refractivity contribution < 1.29 is 9.31 Å². The lowest BCUT2D eigenvalue weighted by atomic mass is 9.76. The molecule has 0 fully saturated rings. The second-order valence-corrected chi connectivity index (χ2v) is 6.51. The van der Waals surface area contributed by atoms with Gasteiger partial charge in [-0.2, -0.15) is 0 Å². The molecule has 2 aromatic carbocycles. The molecule has 122 valence electrons. The highest BCUT2D eigenvalue weighted by atomic mass is 19.1. The van der Waals surface area contributed by atoms with Crippen LogP contribution in [0.5, 0.6) is 0 Å². The molecule has 0 bridgehead atoms. The number of fused-ring (bicyclic) bond motifs is 3. The Morgan fingerprint density at radius 1 is 1.25 bits per heavy atom. The van der Waals surface area contributed by atoms with Crippen LogP contribution in [0.25, 0.3) is 0 Å². The van der Waals surface area contributed by atoms with Gasteiger partial charge in [0, 0.05) is 23.7 Å². The van der Waals surface area contributed by atoms with Crippen molar-refractivity contribution in [1.29, 1.82) is 0 Å². The molecule has 2 aromatic rings. The molecule has 2 aliphatic rings. The van der Waals surface area contributed by atoms with Gasteiger partial charge >= 0.3 is 0 Å². The highest BCUT2D eigenvalue weighted by molar-refractivity contribution is 5.67. The number of halogens is 1. The van der Waals surface area contributed by atoms with Gasteiger partial charge in [-0.3, -0.25) is 10.1 Å². The van der Waals surface area contributed by atoms with E-state index in [9.17, 15) is 14.5 Å². The van der Waals surface area contributed by atoms with E-state index in [4.69, 9.17) is 0 Å². The van der Waals surface area contributed by atoms with Crippen LogP contribution in [0.2, 0.25) is 0 Å². The molecule has 0 amide bonds. The van der Waals surface area contributed by atoms with E-state index in [0.29, 0.717) is 0 Å². The molecule has 0 radical (unpaired) electrons. The number of nitro benzene ring substituents is 1. The molecule has 1 aliphatic carbocycles. The van der Waals surface area contributed by atoms with E-state index < -0.39 is 0 Å². The van der Waals surface area contributed by atoms with Crippen molar-refractivity contribution in [3.63, 3.8) is 0 Å². The first-order valence-corrected chi connectivity index (χ1v) is 8.02. The van der Waals surface area contributed by atoms with Gasteiger partial charge in [0.1, 0.15) is 5.82 Å². The van der Waals surface area contributed by atoms with E-state index in [1.54, 1.807) is 12.1 Å². The van der Waals surface area contributed by atoms with Gasteiger partial charge in [-0.05, 0) is 48.1 Å². The van der Waals surface area contributed by atoms with Crippen molar-refractivity contribution >= 4 is 11.4 Å². The third kappa shape index (κ3) is 2.28. The number of nitrogens with one attached hydrogen (secondary N) is 1. The average Bonchev–Trinajstić information content (AvgIpc) is 3.05. The molecular weight excluding hydrogens is 307 g/mol. The second-order valence-electron chi connectivity index (χ2n) is 6.51. The summed E-state index contributed by atoms with van der Waals surface area (Å²) in [5.74, 6) is 0.183. The van der Waals surface area contributed by atoms with E-state index >= 15 is 0 Å². The number of benzene rings is 2. The minimum atomic E-state index is -0.340. The van der Waals surface area contributed by atoms with E-state index in [1.807, 2.05) is 19.1 Å². The fourth-order valence-electron chi connectivity index (χ4n) is 3.97. The topological polar surface area (TPSA) is 55.2 Å². The lowest BCUT2D eigenvalue weighted by molar-refractivity contribution is -0.385. The van der Waals surface area contributed by atoms with Gasteiger partial charge in [-0.25, -0.2) is 4.39 Å². The summed E-state index contributed by atoms with van der Waals surface area (Å²) in [5, 5.41) is 14.7. The zero-order valence-electron chi connectivity index (χ0n) is 13.2. The summed E-state index contributed by atoms with van der Waals surface area (Å²) in [6.45, 7) is 1.89. The van der Waals surface area contributed by atoms with Gasteiger partial charge in [0.15, 0.2) is 0 Å². The predicted octanol–water partition coefficient (Wildman–Crippen LogP) is 4.87. The number of hydrogen-bond donors (Lipinski definition) is 1. The number of anilines is 1. The minimum Gasteiger partial charge on any atom is -0.377 e. The summed E-state index contributed by atoms with van der Waals surface area (Å²) >= 11 is 0. The van der Waals surface area contributed by atoms with Crippen LogP contribution in [0.15, 0.2) is 48.6 Å². The normalized spacial score (nSPS) is 24.2. The Labute approximate surface area is 139 Å². The summed E-state index contributed by atoms with van der Waals surface area (Å²) in [7, 11) is 0. The van der Waals surface area contributed by atoms with Crippen molar-refractivity contribution in [2.75, 3.05) is 5.32 Å². The van der Waals surface area contributed by atoms with Crippen molar-refractivity contribution in [2.24, 2.45) is 5.92 Å². The zero-order chi connectivity index (χ0) is 16.8. The lowest BCUT2D eigenvalue weighted by Gasteiger charge is -2.38. The molecule has 3 atom stereocenters. The molecule has 24 heavy (non-hydrogen) atoms. The van der Waals surface area contributed by atoms with Crippen molar-refractivity contribution in [1.82, 2.24) is 0 Å². The van der Waals surface area contributed by atoms with Crippen LogP contribution in [0.3, 0.4) is 0 Å². The molecular formula is C19H17FN2O2. The maximum atomic E-state index is 13.2. The second kappa shape index (κ2) is 5.44. The number of nitrogens with zero attached hydrogens (tertiary/aromatic N) is 1. The first-order valence-electron chi connectivity index (χ1n) is 8.02. The van der Waals surface area contributed by atoms with Crippen LogP contribution >= 0.6 is 0 Å². The van der Waals surface area contributed by atoms with Gasteiger partial charge in [0.05, 0.1) is 11.0 Å². The Kier molecular flexibility index (Phi) is 3.37. The molecule has 0 saturated carbocycles. The maximum Gasteiger partial charge on any atom is 0.270 e. The number of hydrogen-bond acceptors (Lipinski definition) is 3. The van der Waals surface area contributed by atoms with Crippen LogP contribution in [-0.4, -0.2) is 4.92 Å². The summed E-state index contributed by atoms with van der Waals surface area (Å²) in [6.07, 6.45) is 5.18. The van der Waals surface area contributed by atoms with Gasteiger partial charge in [-0.1, -0.05) is 24.3 Å². The molecule has 1 aliphatic heterocycles. The first-order chi connectivity index (χ1) is 11.5. The van der Waals surface area contributed by atoms with Gasteiger partial charge in [-0.15, -0.1) is 0 Å². The number of allylic oxidation sites excluding steroid dienone is 2.